The maximum Gasteiger partial charge on any atom is 0.241 e. The number of piperidine rings is 1. The highest BCUT2D eigenvalue weighted by molar-refractivity contribution is 6.38. The first-order valence-corrected chi connectivity index (χ1v) is 18.0. The number of hydrogen-bond donors (Lipinski definition) is 2. The van der Waals surface area contributed by atoms with E-state index in [0.717, 1.165) is 90.7 Å². The molecule has 4 aromatic rings. The average molecular weight is 680 g/mol. The Balaban J connectivity index is 0.805. The summed E-state index contributed by atoms with van der Waals surface area (Å²) in [6, 6.07) is 16.4. The summed E-state index contributed by atoms with van der Waals surface area (Å²) in [6.45, 7) is 7.76. The number of H-pyrrole nitrogens is 1. The van der Waals surface area contributed by atoms with Gasteiger partial charge in [-0.1, -0.05) is 35.9 Å². The molecule has 0 spiro atoms. The molecule has 49 heavy (non-hydrogen) atoms. The van der Waals surface area contributed by atoms with Crippen molar-refractivity contribution in [2.24, 2.45) is 0 Å². The van der Waals surface area contributed by atoms with Gasteiger partial charge in [0.15, 0.2) is 0 Å². The van der Waals surface area contributed by atoms with Gasteiger partial charge in [0.05, 0.1) is 17.5 Å². The smallest absolute Gasteiger partial charge is 0.241 e. The molecule has 2 aromatic heterocycles. The van der Waals surface area contributed by atoms with Gasteiger partial charge in [0.2, 0.25) is 17.7 Å². The van der Waals surface area contributed by atoms with E-state index in [-0.39, 0.29) is 23.6 Å². The molecular formula is C38H42ClN7O3. The van der Waals surface area contributed by atoms with E-state index in [0.29, 0.717) is 31.8 Å². The number of aromatic amines is 1. The van der Waals surface area contributed by atoms with Crippen LogP contribution in [0.1, 0.15) is 55.1 Å². The number of carbonyl (C=O) groups excluding carboxylic acids is 3. The number of piperazine rings is 2. The van der Waals surface area contributed by atoms with E-state index < -0.39 is 0 Å². The number of nitrogens with zero attached hydrogens (tertiary/aromatic N) is 5. The zero-order valence-corrected chi connectivity index (χ0v) is 28.4. The van der Waals surface area contributed by atoms with E-state index in [1.165, 1.54) is 24.1 Å². The van der Waals surface area contributed by atoms with Crippen LogP contribution in [0.25, 0.3) is 22.2 Å². The summed E-state index contributed by atoms with van der Waals surface area (Å²) in [5, 5.41) is 4.20. The van der Waals surface area contributed by atoms with E-state index in [1.54, 1.807) is 0 Å². The molecule has 1 aliphatic carbocycles. The van der Waals surface area contributed by atoms with Crippen molar-refractivity contribution in [3.63, 3.8) is 0 Å². The molecule has 0 bridgehead atoms. The standard InChI is InChI=1S/C38H42ClN7O3/c39-36-32(23-41-37-35(36)31(22-40-37)26-5-6-26)27-3-1-4-29(21-27)46-20-17-44(24-34(46)48)14-2-13-43-15-18-45(19-16-43)28-9-7-25(8-10-28)30-11-12-33(47)42-38(30)49/h1,3-4,7-10,21-23,26,30H,2,5-6,11-20,24H2,(H,40,41)(H,42,47,49). The number of halogens is 1. The lowest BCUT2D eigenvalue weighted by molar-refractivity contribution is -0.134. The van der Waals surface area contributed by atoms with Crippen molar-refractivity contribution in [2.45, 2.75) is 43.9 Å². The first-order chi connectivity index (χ1) is 23.9. The number of hydrogen-bond acceptors (Lipinski definition) is 7. The number of imide groups is 1. The number of anilines is 2. The number of benzene rings is 2. The van der Waals surface area contributed by atoms with Gasteiger partial charge in [0.1, 0.15) is 5.65 Å². The zero-order valence-electron chi connectivity index (χ0n) is 27.7. The fourth-order valence-electron chi connectivity index (χ4n) is 7.70. The Labute approximate surface area is 291 Å². The van der Waals surface area contributed by atoms with Crippen LogP contribution in [0.2, 0.25) is 5.02 Å². The lowest BCUT2D eigenvalue weighted by atomic mass is 9.90. The van der Waals surface area contributed by atoms with Gasteiger partial charge in [-0.15, -0.1) is 0 Å². The molecule has 4 fully saturated rings. The SMILES string of the molecule is O=C1CCC(c2ccc(N3CCN(CCCN4CCN(c5cccc(-c6cnc7[nH]cc(C8CC8)c7c6Cl)c5)C(=O)C4)CC3)cc2)C(=O)N1. The largest absolute Gasteiger partial charge is 0.369 e. The quantitative estimate of drug-likeness (QED) is 0.236. The van der Waals surface area contributed by atoms with Crippen LogP contribution >= 0.6 is 11.6 Å². The highest BCUT2D eigenvalue weighted by Crippen LogP contribution is 2.46. The lowest BCUT2D eigenvalue weighted by Gasteiger charge is -2.37. The van der Waals surface area contributed by atoms with Crippen LogP contribution < -0.4 is 15.1 Å². The maximum atomic E-state index is 13.4. The zero-order chi connectivity index (χ0) is 33.5. The van der Waals surface area contributed by atoms with Crippen LogP contribution in [0.4, 0.5) is 11.4 Å². The molecule has 0 radical (unpaired) electrons. The van der Waals surface area contributed by atoms with E-state index >= 15 is 0 Å². The van der Waals surface area contributed by atoms with Crippen LogP contribution in [0, 0.1) is 0 Å². The molecule has 254 valence electrons. The third kappa shape index (κ3) is 6.69. The molecule has 2 N–H and O–H groups in total. The number of pyridine rings is 1. The summed E-state index contributed by atoms with van der Waals surface area (Å²) >= 11 is 6.99. The van der Waals surface area contributed by atoms with Crippen LogP contribution in [0.5, 0.6) is 0 Å². The van der Waals surface area contributed by atoms with Gasteiger partial charge >= 0.3 is 0 Å². The third-order valence-electron chi connectivity index (χ3n) is 10.7. The number of aromatic nitrogens is 2. The van der Waals surface area contributed by atoms with Crippen molar-refractivity contribution >= 4 is 51.7 Å². The second-order valence-electron chi connectivity index (χ2n) is 13.9. The van der Waals surface area contributed by atoms with Crippen LogP contribution in [0.15, 0.2) is 60.9 Å². The van der Waals surface area contributed by atoms with E-state index in [2.05, 4.69) is 54.4 Å². The van der Waals surface area contributed by atoms with Gasteiger partial charge in [0, 0.05) is 80.4 Å². The first-order valence-electron chi connectivity index (χ1n) is 17.6. The Morgan fingerprint density at radius 2 is 1.63 bits per heavy atom. The monoisotopic (exact) mass is 679 g/mol. The van der Waals surface area contributed by atoms with Crippen molar-refractivity contribution in [1.82, 2.24) is 25.1 Å². The first kappa shape index (κ1) is 32.0. The fourth-order valence-corrected chi connectivity index (χ4v) is 8.06. The van der Waals surface area contributed by atoms with Gasteiger partial charge in [-0.2, -0.15) is 0 Å². The number of fused-ring (bicyclic) bond motifs is 1. The molecule has 10 nitrogen and oxygen atoms in total. The van der Waals surface area contributed by atoms with Gasteiger partial charge in [-0.3, -0.25) is 29.5 Å². The van der Waals surface area contributed by atoms with Crippen molar-refractivity contribution in [1.29, 1.82) is 0 Å². The predicted molar refractivity (Wildman–Crippen MR) is 192 cm³/mol. The van der Waals surface area contributed by atoms with Gasteiger partial charge < -0.3 is 14.8 Å². The van der Waals surface area contributed by atoms with E-state index in [4.69, 9.17) is 11.6 Å². The van der Waals surface area contributed by atoms with E-state index in [1.807, 2.05) is 41.4 Å². The summed E-state index contributed by atoms with van der Waals surface area (Å²) in [4.78, 5) is 54.1. The molecule has 3 aliphatic heterocycles. The maximum absolute atomic E-state index is 13.4. The highest BCUT2D eigenvalue weighted by Gasteiger charge is 2.30. The molecule has 1 atom stereocenters. The second kappa shape index (κ2) is 13.6. The third-order valence-corrected chi connectivity index (χ3v) is 11.1. The molecule has 8 rings (SSSR count). The molecule has 3 amide bonds. The molecular weight excluding hydrogens is 638 g/mol. The minimum Gasteiger partial charge on any atom is -0.369 e. The number of amides is 3. The molecule has 4 aliphatic rings. The average Bonchev–Trinajstić information content (AvgIpc) is 3.87. The normalized spacial score (nSPS) is 21.1. The number of nitrogens with one attached hydrogen (secondary N) is 2. The summed E-state index contributed by atoms with van der Waals surface area (Å²) in [5.74, 6) is 0.0711. The molecule has 1 unspecified atom stereocenters. The predicted octanol–water partition coefficient (Wildman–Crippen LogP) is 5.14. The van der Waals surface area contributed by atoms with Crippen LogP contribution in [0.3, 0.4) is 0 Å². The Bertz CT molecular complexity index is 1880. The van der Waals surface area contributed by atoms with Crippen molar-refractivity contribution < 1.29 is 14.4 Å². The Hall–Kier alpha value is -4.25. The molecule has 3 saturated heterocycles. The minimum absolute atomic E-state index is 0.127. The summed E-state index contributed by atoms with van der Waals surface area (Å²) in [6.07, 6.45) is 8.27. The molecule has 2 aromatic carbocycles. The van der Waals surface area contributed by atoms with Gasteiger partial charge in [-0.25, -0.2) is 4.98 Å². The molecule has 1 saturated carbocycles. The highest BCUT2D eigenvalue weighted by atomic mass is 35.5. The second-order valence-corrected chi connectivity index (χ2v) is 14.3. The topological polar surface area (TPSA) is 105 Å². The Morgan fingerprint density at radius 3 is 2.39 bits per heavy atom. The summed E-state index contributed by atoms with van der Waals surface area (Å²) in [7, 11) is 0. The van der Waals surface area contributed by atoms with Crippen LogP contribution in [-0.4, -0.2) is 96.4 Å². The molecule has 11 heteroatoms. The molecule has 5 heterocycles. The Kier molecular flexibility index (Phi) is 8.86. The minimum atomic E-state index is -0.248. The number of carbonyl (C=O) groups is 3. The van der Waals surface area contributed by atoms with Crippen LogP contribution in [-0.2, 0) is 14.4 Å². The Morgan fingerprint density at radius 1 is 0.857 bits per heavy atom. The summed E-state index contributed by atoms with van der Waals surface area (Å²) < 4.78 is 0. The lowest BCUT2D eigenvalue weighted by Crippen LogP contribution is -2.51. The van der Waals surface area contributed by atoms with Crippen molar-refractivity contribution in [3.8, 4) is 11.1 Å². The van der Waals surface area contributed by atoms with E-state index in [9.17, 15) is 14.4 Å². The van der Waals surface area contributed by atoms with Gasteiger partial charge in [0.25, 0.3) is 0 Å². The van der Waals surface area contributed by atoms with Gasteiger partial charge in [-0.05, 0) is 85.6 Å². The van der Waals surface area contributed by atoms with Crippen molar-refractivity contribution in [3.05, 3.63) is 77.1 Å². The fraction of sp³-hybridized carbons (Fsp3) is 0.421. The van der Waals surface area contributed by atoms with Crippen molar-refractivity contribution in [2.75, 3.05) is 68.7 Å². The summed E-state index contributed by atoms with van der Waals surface area (Å²) in [5.41, 5.74) is 6.99. The number of rotatable bonds is 9.